The molecule has 0 aliphatic heterocycles. The topological polar surface area (TPSA) is 91.2 Å². The Kier molecular flexibility index (Phi) is 5.37. The molecule has 8 nitrogen and oxygen atoms in total. The van der Waals surface area contributed by atoms with Gasteiger partial charge < -0.3 is 19.5 Å². The smallest absolute Gasteiger partial charge is 0.312 e. The van der Waals surface area contributed by atoms with Crippen LogP contribution in [-0.4, -0.2) is 42.1 Å². The van der Waals surface area contributed by atoms with Gasteiger partial charge in [0, 0.05) is 23.8 Å². The van der Waals surface area contributed by atoms with Gasteiger partial charge in [-0.05, 0) is 12.1 Å². The number of thiazole rings is 1. The minimum atomic E-state index is -0.521. The van der Waals surface area contributed by atoms with Gasteiger partial charge >= 0.3 is 5.97 Å². The second-order valence-electron chi connectivity index (χ2n) is 5.28. The Hall–Kier alpha value is -3.07. The molecule has 9 heteroatoms. The number of rotatable bonds is 7. The molecule has 0 atom stereocenters. The molecule has 136 valence electrons. The predicted octanol–water partition coefficient (Wildman–Crippen LogP) is 2.14. The van der Waals surface area contributed by atoms with E-state index in [0.29, 0.717) is 22.9 Å². The first-order valence-corrected chi connectivity index (χ1v) is 8.55. The van der Waals surface area contributed by atoms with Crippen LogP contribution in [0.25, 0.3) is 4.96 Å². The maximum atomic E-state index is 12.0. The molecule has 0 saturated carbocycles. The number of carbonyl (C=O) groups is 2. The molecular formula is C17H17N3O5S. The van der Waals surface area contributed by atoms with E-state index in [1.165, 1.54) is 25.6 Å². The number of imidazole rings is 1. The molecule has 0 saturated heterocycles. The predicted molar refractivity (Wildman–Crippen MR) is 95.9 cm³/mol. The highest BCUT2D eigenvalue weighted by atomic mass is 32.1. The Morgan fingerprint density at radius 2 is 2.12 bits per heavy atom. The molecule has 2 aromatic heterocycles. The zero-order valence-electron chi connectivity index (χ0n) is 14.2. The molecular weight excluding hydrogens is 358 g/mol. The number of hydrogen-bond acceptors (Lipinski definition) is 7. The number of carbonyl (C=O) groups excluding carboxylic acids is 2. The summed E-state index contributed by atoms with van der Waals surface area (Å²) in [6.07, 6.45) is 3.63. The third kappa shape index (κ3) is 4.12. The quantitative estimate of drug-likeness (QED) is 0.636. The lowest BCUT2D eigenvalue weighted by Gasteiger charge is -2.11. The third-order valence-electron chi connectivity index (χ3n) is 3.52. The summed E-state index contributed by atoms with van der Waals surface area (Å²) in [7, 11) is 3.02. The molecule has 0 aliphatic carbocycles. The number of anilines is 1. The Morgan fingerprint density at radius 1 is 1.27 bits per heavy atom. The lowest BCUT2D eigenvalue weighted by atomic mass is 10.2. The Balaban J connectivity index is 1.52. The highest BCUT2D eigenvalue weighted by molar-refractivity contribution is 7.15. The molecule has 1 aromatic carbocycles. The van der Waals surface area contributed by atoms with Gasteiger partial charge in [0.1, 0.15) is 11.5 Å². The van der Waals surface area contributed by atoms with Crippen molar-refractivity contribution in [2.24, 2.45) is 0 Å². The molecule has 26 heavy (non-hydrogen) atoms. The summed E-state index contributed by atoms with van der Waals surface area (Å²) in [6.45, 7) is -0.393. The van der Waals surface area contributed by atoms with Gasteiger partial charge in [-0.15, -0.1) is 11.3 Å². The van der Waals surface area contributed by atoms with E-state index in [2.05, 4.69) is 10.3 Å². The number of nitrogens with zero attached hydrogens (tertiary/aromatic N) is 2. The lowest BCUT2D eigenvalue weighted by molar-refractivity contribution is -0.146. The minimum Gasteiger partial charge on any atom is -0.497 e. The number of aromatic nitrogens is 2. The Labute approximate surface area is 153 Å². The first-order chi connectivity index (χ1) is 12.6. The summed E-state index contributed by atoms with van der Waals surface area (Å²) < 4.78 is 17.1. The van der Waals surface area contributed by atoms with Gasteiger partial charge in [0.05, 0.1) is 32.0 Å². The monoisotopic (exact) mass is 375 g/mol. The number of benzene rings is 1. The van der Waals surface area contributed by atoms with Crippen LogP contribution in [0.5, 0.6) is 11.5 Å². The van der Waals surface area contributed by atoms with Gasteiger partial charge in [-0.2, -0.15) is 0 Å². The number of nitrogens with one attached hydrogen (secondary N) is 1. The summed E-state index contributed by atoms with van der Waals surface area (Å²) in [5, 5.41) is 4.54. The second kappa shape index (κ2) is 7.87. The molecule has 1 amide bonds. The lowest BCUT2D eigenvalue weighted by Crippen LogP contribution is -2.22. The van der Waals surface area contributed by atoms with Gasteiger partial charge in [0.25, 0.3) is 5.91 Å². The first kappa shape index (κ1) is 17.7. The maximum Gasteiger partial charge on any atom is 0.312 e. The van der Waals surface area contributed by atoms with Crippen molar-refractivity contribution < 1.29 is 23.8 Å². The van der Waals surface area contributed by atoms with Crippen LogP contribution in [0.1, 0.15) is 5.69 Å². The van der Waals surface area contributed by atoms with Crippen molar-refractivity contribution in [3.63, 3.8) is 0 Å². The van der Waals surface area contributed by atoms with E-state index in [4.69, 9.17) is 14.2 Å². The van der Waals surface area contributed by atoms with Crippen molar-refractivity contribution in [3.05, 3.63) is 41.7 Å². The third-order valence-corrected chi connectivity index (χ3v) is 4.29. The van der Waals surface area contributed by atoms with Gasteiger partial charge in [-0.1, -0.05) is 0 Å². The zero-order chi connectivity index (χ0) is 18.5. The largest absolute Gasteiger partial charge is 0.497 e. The molecule has 0 fully saturated rings. The van der Waals surface area contributed by atoms with E-state index in [1.807, 2.05) is 16.0 Å². The normalized spacial score (nSPS) is 10.5. The number of amides is 1. The highest BCUT2D eigenvalue weighted by Crippen LogP contribution is 2.28. The van der Waals surface area contributed by atoms with Crippen molar-refractivity contribution in [1.82, 2.24) is 9.38 Å². The number of fused-ring (bicyclic) bond motifs is 1. The average Bonchev–Trinajstić information content (AvgIpc) is 3.21. The van der Waals surface area contributed by atoms with E-state index in [9.17, 15) is 9.59 Å². The first-order valence-electron chi connectivity index (χ1n) is 7.67. The van der Waals surface area contributed by atoms with Crippen LogP contribution in [0.15, 0.2) is 36.0 Å². The van der Waals surface area contributed by atoms with E-state index < -0.39 is 18.5 Å². The molecule has 3 aromatic rings. The fraction of sp³-hybridized carbons (Fsp3) is 0.235. The maximum absolute atomic E-state index is 12.0. The molecule has 0 bridgehead atoms. The summed E-state index contributed by atoms with van der Waals surface area (Å²) >= 11 is 1.48. The van der Waals surface area contributed by atoms with Crippen LogP contribution in [0.2, 0.25) is 0 Å². The van der Waals surface area contributed by atoms with Crippen LogP contribution < -0.4 is 14.8 Å². The molecule has 3 rings (SSSR count). The van der Waals surface area contributed by atoms with E-state index >= 15 is 0 Å². The van der Waals surface area contributed by atoms with Crippen molar-refractivity contribution in [2.75, 3.05) is 26.1 Å². The van der Waals surface area contributed by atoms with Crippen molar-refractivity contribution in [2.45, 2.75) is 6.42 Å². The molecule has 2 heterocycles. The van der Waals surface area contributed by atoms with Crippen LogP contribution in [-0.2, 0) is 20.7 Å². The average molecular weight is 375 g/mol. The molecule has 1 N–H and O–H groups in total. The molecule has 0 unspecified atom stereocenters. The summed E-state index contributed by atoms with van der Waals surface area (Å²) in [5.41, 5.74) is 1.06. The summed E-state index contributed by atoms with van der Waals surface area (Å²) in [5.74, 6) is 0.0635. The number of hydrogen-bond donors (Lipinski definition) is 1. The fourth-order valence-electron chi connectivity index (χ4n) is 2.29. The van der Waals surface area contributed by atoms with Gasteiger partial charge in [0.15, 0.2) is 11.6 Å². The van der Waals surface area contributed by atoms with Gasteiger partial charge in [-0.3, -0.25) is 14.0 Å². The Bertz CT molecular complexity index is 905. The fourth-order valence-corrected chi connectivity index (χ4v) is 3.01. The molecule has 0 radical (unpaired) electrons. The van der Waals surface area contributed by atoms with E-state index in [0.717, 1.165) is 4.96 Å². The molecule has 0 aliphatic rings. The highest BCUT2D eigenvalue weighted by Gasteiger charge is 2.13. The van der Waals surface area contributed by atoms with E-state index in [1.54, 1.807) is 24.4 Å². The number of esters is 1. The number of ether oxygens (including phenoxy) is 3. The van der Waals surface area contributed by atoms with Crippen molar-refractivity contribution >= 4 is 33.9 Å². The minimum absolute atomic E-state index is 0.00748. The summed E-state index contributed by atoms with van der Waals surface area (Å²) in [4.78, 5) is 29.0. The SMILES string of the molecule is COc1ccc(NC(=O)COC(=O)Cc2cn3ccsc3n2)c(OC)c1. The van der Waals surface area contributed by atoms with Gasteiger partial charge in [-0.25, -0.2) is 4.98 Å². The van der Waals surface area contributed by atoms with Crippen LogP contribution >= 0.6 is 11.3 Å². The van der Waals surface area contributed by atoms with Crippen LogP contribution in [0.3, 0.4) is 0 Å². The molecule has 0 spiro atoms. The number of methoxy groups -OCH3 is 2. The van der Waals surface area contributed by atoms with E-state index in [-0.39, 0.29) is 6.42 Å². The van der Waals surface area contributed by atoms with Crippen LogP contribution in [0, 0.1) is 0 Å². The van der Waals surface area contributed by atoms with Crippen LogP contribution in [0.4, 0.5) is 5.69 Å². The van der Waals surface area contributed by atoms with Crippen molar-refractivity contribution in [1.29, 1.82) is 0 Å². The summed E-state index contributed by atoms with van der Waals surface area (Å²) in [6, 6.07) is 4.98. The van der Waals surface area contributed by atoms with Crippen molar-refractivity contribution in [3.8, 4) is 11.5 Å². The second-order valence-corrected chi connectivity index (χ2v) is 6.15. The van der Waals surface area contributed by atoms with Gasteiger partial charge in [0.2, 0.25) is 0 Å². The standard InChI is InChI=1S/C17H17N3O5S/c1-23-12-3-4-13(14(8-12)24-2)19-15(21)10-25-16(22)7-11-9-20-5-6-26-17(20)18-11/h3-6,8-9H,7,10H2,1-2H3,(H,19,21). The zero-order valence-corrected chi connectivity index (χ0v) is 15.0. The Morgan fingerprint density at radius 3 is 2.85 bits per heavy atom.